The normalized spacial score (nSPS) is 24.1. The third kappa shape index (κ3) is 2.29. The fraction of sp³-hybridized carbons (Fsp3) is 0.857. The molecule has 1 aliphatic heterocycles. The first-order valence-corrected chi connectivity index (χ1v) is 5.16. The minimum Gasteiger partial charge on any atom is -0.351 e. The van der Waals surface area contributed by atoms with Crippen molar-refractivity contribution >= 4 is 17.8 Å². The van der Waals surface area contributed by atoms with Gasteiger partial charge in [0.05, 0.1) is 0 Å². The van der Waals surface area contributed by atoms with Crippen LogP contribution in [-0.2, 0) is 0 Å². The summed E-state index contributed by atoms with van der Waals surface area (Å²) in [5.41, 5.74) is 5.14. The number of amides is 2. The van der Waals surface area contributed by atoms with E-state index in [0.717, 1.165) is 25.3 Å². The van der Waals surface area contributed by atoms with Crippen molar-refractivity contribution in [3.05, 3.63) is 0 Å². The number of urea groups is 1. The maximum absolute atomic E-state index is 10.7. The molecule has 1 aliphatic rings. The number of primary amides is 1. The van der Waals surface area contributed by atoms with Crippen molar-refractivity contribution in [2.45, 2.75) is 6.42 Å². The van der Waals surface area contributed by atoms with Gasteiger partial charge in [0, 0.05) is 13.1 Å². The molecule has 0 aromatic heterocycles. The third-order valence-electron chi connectivity index (χ3n) is 2.00. The molecular formula is C7H14N2OS. The van der Waals surface area contributed by atoms with Crippen LogP contribution in [0.25, 0.3) is 0 Å². The minimum atomic E-state index is -0.270. The van der Waals surface area contributed by atoms with Gasteiger partial charge in [-0.2, -0.15) is 11.8 Å². The van der Waals surface area contributed by atoms with Crippen molar-refractivity contribution < 1.29 is 4.79 Å². The number of hydrogen-bond acceptors (Lipinski definition) is 2. The second-order valence-electron chi connectivity index (χ2n) is 2.89. The first-order valence-electron chi connectivity index (χ1n) is 3.77. The lowest BCUT2D eigenvalue weighted by Crippen LogP contribution is -2.33. The molecule has 1 fully saturated rings. The molecule has 1 saturated heterocycles. The number of nitrogens with two attached hydrogens (primary N) is 1. The summed E-state index contributed by atoms with van der Waals surface area (Å²) in [5, 5.41) is 0. The Labute approximate surface area is 71.3 Å². The first-order chi connectivity index (χ1) is 5.24. The number of carbonyl (C=O) groups is 1. The van der Waals surface area contributed by atoms with Crippen LogP contribution in [0.3, 0.4) is 0 Å². The van der Waals surface area contributed by atoms with E-state index in [2.05, 4.69) is 6.26 Å². The highest BCUT2D eigenvalue weighted by atomic mass is 32.2. The molecule has 4 heteroatoms. The van der Waals surface area contributed by atoms with Crippen LogP contribution in [0.1, 0.15) is 6.42 Å². The molecule has 0 spiro atoms. The molecule has 11 heavy (non-hydrogen) atoms. The number of carbonyl (C=O) groups excluding carboxylic acids is 1. The van der Waals surface area contributed by atoms with E-state index in [9.17, 15) is 4.79 Å². The van der Waals surface area contributed by atoms with Crippen molar-refractivity contribution in [2.24, 2.45) is 11.7 Å². The highest BCUT2D eigenvalue weighted by Crippen LogP contribution is 2.18. The smallest absolute Gasteiger partial charge is 0.314 e. The number of hydrogen-bond donors (Lipinski definition) is 1. The Hall–Kier alpha value is -0.380. The van der Waals surface area contributed by atoms with Crippen molar-refractivity contribution in [1.29, 1.82) is 0 Å². The summed E-state index contributed by atoms with van der Waals surface area (Å²) in [7, 11) is 0. The topological polar surface area (TPSA) is 46.3 Å². The monoisotopic (exact) mass is 174 g/mol. The van der Waals surface area contributed by atoms with Gasteiger partial charge in [0.25, 0.3) is 0 Å². The molecule has 3 nitrogen and oxygen atoms in total. The van der Waals surface area contributed by atoms with Crippen LogP contribution in [0.5, 0.6) is 0 Å². The van der Waals surface area contributed by atoms with E-state index < -0.39 is 0 Å². The third-order valence-corrected chi connectivity index (χ3v) is 2.80. The van der Waals surface area contributed by atoms with Gasteiger partial charge in [-0.3, -0.25) is 0 Å². The molecule has 0 saturated carbocycles. The lowest BCUT2D eigenvalue weighted by atomic mass is 10.2. The van der Waals surface area contributed by atoms with Gasteiger partial charge in [0.1, 0.15) is 0 Å². The van der Waals surface area contributed by atoms with Gasteiger partial charge in [-0.05, 0) is 24.3 Å². The van der Waals surface area contributed by atoms with Gasteiger partial charge >= 0.3 is 6.03 Å². The Morgan fingerprint density at radius 3 is 3.00 bits per heavy atom. The van der Waals surface area contributed by atoms with E-state index >= 15 is 0 Å². The summed E-state index contributed by atoms with van der Waals surface area (Å²) in [4.78, 5) is 12.4. The molecule has 1 rings (SSSR count). The Morgan fingerprint density at radius 1 is 1.82 bits per heavy atom. The average Bonchev–Trinajstić information content (AvgIpc) is 2.37. The predicted molar refractivity (Wildman–Crippen MR) is 47.6 cm³/mol. The second-order valence-corrected chi connectivity index (χ2v) is 3.80. The Balaban J connectivity index is 2.29. The van der Waals surface area contributed by atoms with E-state index in [1.807, 2.05) is 11.8 Å². The first kappa shape index (κ1) is 8.71. The average molecular weight is 174 g/mol. The molecule has 64 valence electrons. The fourth-order valence-corrected chi connectivity index (χ4v) is 2.15. The van der Waals surface area contributed by atoms with Gasteiger partial charge in [0.2, 0.25) is 0 Å². The van der Waals surface area contributed by atoms with Crippen LogP contribution in [0, 0.1) is 5.92 Å². The summed E-state index contributed by atoms with van der Waals surface area (Å²) in [6, 6.07) is -0.270. The van der Waals surface area contributed by atoms with E-state index in [1.165, 1.54) is 0 Å². The lowest BCUT2D eigenvalue weighted by Gasteiger charge is -2.12. The quantitative estimate of drug-likeness (QED) is 0.671. The summed E-state index contributed by atoms with van der Waals surface area (Å²) in [6.07, 6.45) is 3.21. The zero-order valence-electron chi connectivity index (χ0n) is 6.75. The SMILES string of the molecule is CSCC1CCN(C(N)=O)C1. The minimum absolute atomic E-state index is 0.270. The molecule has 0 aromatic rings. The van der Waals surface area contributed by atoms with Crippen molar-refractivity contribution in [2.75, 3.05) is 25.1 Å². The van der Waals surface area contributed by atoms with Crippen LogP contribution in [0.2, 0.25) is 0 Å². The maximum Gasteiger partial charge on any atom is 0.314 e. The number of likely N-dealkylation sites (tertiary alicyclic amines) is 1. The van der Waals surface area contributed by atoms with Gasteiger partial charge in [-0.25, -0.2) is 4.79 Å². The van der Waals surface area contributed by atoms with Crippen molar-refractivity contribution in [1.82, 2.24) is 4.90 Å². The van der Waals surface area contributed by atoms with Gasteiger partial charge in [-0.15, -0.1) is 0 Å². The highest BCUT2D eigenvalue weighted by molar-refractivity contribution is 7.98. The molecule has 2 amide bonds. The molecular weight excluding hydrogens is 160 g/mol. The predicted octanol–water partition coefficient (Wildman–Crippen LogP) is 0.750. The number of nitrogens with zero attached hydrogens (tertiary/aromatic N) is 1. The zero-order valence-corrected chi connectivity index (χ0v) is 7.56. The van der Waals surface area contributed by atoms with Crippen LogP contribution in [-0.4, -0.2) is 36.0 Å². The van der Waals surface area contributed by atoms with Gasteiger partial charge in [-0.1, -0.05) is 0 Å². The summed E-state index contributed by atoms with van der Waals surface area (Å²) in [5.74, 6) is 1.81. The summed E-state index contributed by atoms with van der Waals surface area (Å²) in [6.45, 7) is 1.71. The molecule has 1 atom stereocenters. The second kappa shape index (κ2) is 3.85. The van der Waals surface area contributed by atoms with Crippen molar-refractivity contribution in [3.63, 3.8) is 0 Å². The van der Waals surface area contributed by atoms with E-state index in [1.54, 1.807) is 4.90 Å². The maximum atomic E-state index is 10.7. The largest absolute Gasteiger partial charge is 0.351 e. The summed E-state index contributed by atoms with van der Waals surface area (Å²) < 4.78 is 0. The zero-order chi connectivity index (χ0) is 8.27. The standard InChI is InChI=1S/C7H14N2OS/c1-11-5-6-2-3-9(4-6)7(8)10/h6H,2-5H2,1H3,(H2,8,10). The van der Waals surface area contributed by atoms with Crippen LogP contribution < -0.4 is 5.73 Å². The highest BCUT2D eigenvalue weighted by Gasteiger charge is 2.23. The molecule has 0 aromatic carbocycles. The Bertz CT molecular complexity index is 151. The number of thioether (sulfide) groups is 1. The van der Waals surface area contributed by atoms with Crippen molar-refractivity contribution in [3.8, 4) is 0 Å². The molecule has 1 unspecified atom stereocenters. The van der Waals surface area contributed by atoms with Gasteiger partial charge in [0.15, 0.2) is 0 Å². The number of rotatable bonds is 2. The molecule has 0 radical (unpaired) electrons. The Kier molecular flexibility index (Phi) is 3.05. The van der Waals surface area contributed by atoms with Gasteiger partial charge < -0.3 is 10.6 Å². The lowest BCUT2D eigenvalue weighted by molar-refractivity contribution is 0.217. The fourth-order valence-electron chi connectivity index (χ4n) is 1.40. The van der Waals surface area contributed by atoms with Crippen LogP contribution >= 0.6 is 11.8 Å². The molecule has 2 N–H and O–H groups in total. The van der Waals surface area contributed by atoms with Crippen LogP contribution in [0.15, 0.2) is 0 Å². The molecule has 0 bridgehead atoms. The van der Waals surface area contributed by atoms with E-state index in [0.29, 0.717) is 5.92 Å². The molecule has 0 aliphatic carbocycles. The summed E-state index contributed by atoms with van der Waals surface area (Å²) >= 11 is 1.83. The molecule has 1 heterocycles. The van der Waals surface area contributed by atoms with Crippen LogP contribution in [0.4, 0.5) is 4.79 Å². The van der Waals surface area contributed by atoms with E-state index in [4.69, 9.17) is 5.73 Å². The van der Waals surface area contributed by atoms with E-state index in [-0.39, 0.29) is 6.03 Å². The Morgan fingerprint density at radius 2 is 2.55 bits per heavy atom.